The molecule has 0 spiro atoms. The third-order valence-corrected chi connectivity index (χ3v) is 15.5. The molecule has 105 heavy (non-hydrogen) atoms. The summed E-state index contributed by atoms with van der Waals surface area (Å²) < 4.78 is 42.6. The zero-order valence-corrected chi connectivity index (χ0v) is 75.9. The minimum absolute atomic E-state index is 0. The van der Waals surface area contributed by atoms with Crippen molar-refractivity contribution in [1.82, 2.24) is 49.0 Å². The molecule has 6 aromatic heterocycles. The van der Waals surface area contributed by atoms with E-state index in [4.69, 9.17) is 138 Å². The summed E-state index contributed by atoms with van der Waals surface area (Å²) in [6, 6.07) is 20.7. The number of nitriles is 1. The Balaban J connectivity index is -0.000000593. The van der Waals surface area contributed by atoms with Crippen LogP contribution in [-0.2, 0) is 47.0 Å². The second-order valence-corrected chi connectivity index (χ2v) is 24.3. The number of aromatic nitrogens is 10. The van der Waals surface area contributed by atoms with E-state index in [9.17, 15) is 23.6 Å². The third-order valence-electron chi connectivity index (χ3n) is 11.6. The molecule has 42 heteroatoms. The first-order valence-electron chi connectivity index (χ1n) is 29.6. The van der Waals surface area contributed by atoms with Gasteiger partial charge in [-0.25, -0.2) is 39.1 Å². The van der Waals surface area contributed by atoms with Crippen molar-refractivity contribution in [2.75, 3.05) is 33.6 Å². The number of hydrogen-bond donors (Lipinski definition) is 5. The van der Waals surface area contributed by atoms with Crippen LogP contribution in [0.15, 0.2) is 112 Å². The number of alkyl halides is 2. The van der Waals surface area contributed by atoms with Gasteiger partial charge in [-0.1, -0.05) is 109 Å². The van der Waals surface area contributed by atoms with E-state index >= 15 is 0 Å². The van der Waals surface area contributed by atoms with Crippen LogP contribution in [0, 0.1) is 39.0 Å². The first kappa shape index (κ1) is 104. The number of esters is 4. The second kappa shape index (κ2) is 60.5. The smallest absolute Gasteiger partial charge is 1.00 e. The van der Waals surface area contributed by atoms with Gasteiger partial charge in [0, 0.05) is 89.6 Å². The standard InChI is InChI=1S/C19H16Cl3N3O2.C14H13BrCl2N2O2.C7H5BrCl2.C7H9BrN2O2.C7H10N2O2.C5H5BClNO2.C2H3N.CH3F.CH2O3.BHNS.2K.H/c1-3-27-19(26)17-11(2)24-18(12-6-15(21)9-23-8-12)25(17)10-13-7-14(20)4-5-16(13)22;1-3-21-13(20)12-8(2)18-14(15)19(12)7-9-6-10(16)4-5-11(9)17;8-4-5-3-6(9)1-2-7(5)10;1-3-12-6(11)5-4(2)9-7(8)10-5;1-3-11-7(10)6-5(2)8-4-9-6;7-5-1-4(6(9)10)2-8-3-5;1-2-3;1-2;2-1-4-3;1-2-3;;;/h4-9H,3,10H2,1-2H3;4-6H,3,7H2,1-2H3;1-3H,4H2;3H2,1-2H3,(H,9,10);4H,3H2,1-2H3,(H,8,9);1-3,9-10H;1H3;1H3;1,3H;3H;;;/q;;;;;;;;;;2*+1;-1/p-1/i;;;;;;;1D;;;;;. The molecule has 0 bridgehead atoms. The van der Waals surface area contributed by atoms with E-state index in [2.05, 4.69) is 117 Å². The molecule has 0 unspecified atom stereocenters. The molecule has 0 amide bonds. The predicted octanol–water partition coefficient (Wildman–Crippen LogP) is 9.63. The number of benzene rings is 3. The molecule has 0 fully saturated rings. The van der Waals surface area contributed by atoms with Crippen molar-refractivity contribution in [3.8, 4) is 17.5 Å². The Hall–Kier alpha value is -3.24. The molecule has 4 N–H and O–H groups in total. The summed E-state index contributed by atoms with van der Waals surface area (Å²) in [5, 5.41) is 38.3. The van der Waals surface area contributed by atoms with E-state index < -0.39 is 32.2 Å². The van der Waals surface area contributed by atoms with Crippen molar-refractivity contribution in [2.24, 2.45) is 4.30 Å². The number of halogens is 12. The van der Waals surface area contributed by atoms with Crippen LogP contribution in [-0.4, -0.2) is 138 Å². The maximum Gasteiger partial charge on any atom is 1.00 e. The monoisotopic (exact) mass is 1870 g/mol. The fraction of sp³-hybridized carbons (Fsp3) is 0.270. The van der Waals surface area contributed by atoms with E-state index in [0.717, 1.165) is 37.8 Å². The van der Waals surface area contributed by atoms with Crippen LogP contribution in [0.25, 0.3) is 11.4 Å². The van der Waals surface area contributed by atoms with E-state index in [-0.39, 0.29) is 130 Å². The number of thiol groups is 1. The maximum atomic E-state index is 12.6. The minimum Gasteiger partial charge on any atom is -1.00 e. The van der Waals surface area contributed by atoms with Crippen LogP contribution in [0.1, 0.15) is 119 Å². The summed E-state index contributed by atoms with van der Waals surface area (Å²) in [5.41, 5.74) is 7.60. The Kier molecular flexibility index (Phi) is 59.8. The number of pyridine rings is 2. The van der Waals surface area contributed by atoms with Gasteiger partial charge in [0.25, 0.3) is 6.47 Å². The van der Waals surface area contributed by atoms with Gasteiger partial charge >= 0.3 is 159 Å². The van der Waals surface area contributed by atoms with Gasteiger partial charge in [0.15, 0.2) is 32.2 Å². The first-order chi connectivity index (χ1) is 49.3. The van der Waals surface area contributed by atoms with Crippen molar-refractivity contribution in [1.29, 1.82) is 5.26 Å². The van der Waals surface area contributed by atoms with Gasteiger partial charge in [-0.05, 0) is 171 Å². The van der Waals surface area contributed by atoms with Crippen LogP contribution < -0.4 is 113 Å². The molecule has 6 heterocycles. The number of nitrogens with zero attached hydrogens (tertiary/aromatic N) is 10. The SMILES string of the molecule is CC#N.CCOC(=O)c1c(C)nc(-c2cncc(Cl)c2)n1Cc1cc(Cl)ccc1Cl.CCOC(=O)c1c(C)nc(Br)n1Cc1cc(Cl)ccc1Cl.CCOC(=O)c1nc(Br)[nH]c1C.CCOC(=O)c1nc[nH]c1C.Clc1ccc(Cl)c(CBr)c1.O=CO[O-].OB(O)c1cncc(Cl)c1.[2H]CF.[B]=NS.[H-].[K+].[K+]. The zero-order valence-electron chi connectivity index (χ0n) is 60.0. The molecule has 9 rings (SSSR count). The molecule has 0 saturated heterocycles. The van der Waals surface area contributed by atoms with Crippen molar-refractivity contribution in [2.45, 2.75) is 80.7 Å². The van der Waals surface area contributed by atoms with Crippen LogP contribution in [0.4, 0.5) is 4.39 Å². The number of H-pyrrole nitrogens is 2. The molecule has 3 aromatic carbocycles. The topological polar surface area (TPSA) is 350 Å². The van der Waals surface area contributed by atoms with Gasteiger partial charge in [-0.3, -0.25) is 19.2 Å². The molecule has 555 valence electrons. The van der Waals surface area contributed by atoms with Crippen LogP contribution >= 0.6 is 153 Å². The van der Waals surface area contributed by atoms with Gasteiger partial charge in [-0.15, -0.1) is 0 Å². The first-order valence-corrected chi connectivity index (χ1v) is 35.1. The van der Waals surface area contributed by atoms with E-state index in [1.165, 1.54) is 37.9 Å². The summed E-state index contributed by atoms with van der Waals surface area (Å²) in [6.45, 7) is 17.3. The molecule has 0 saturated carbocycles. The minimum atomic E-state index is -1.49. The van der Waals surface area contributed by atoms with Gasteiger partial charge in [0.1, 0.15) is 5.82 Å². The summed E-state index contributed by atoms with van der Waals surface area (Å²) in [4.78, 5) is 88.0. The molecular weight excluding hydrogens is 1810 g/mol. The third kappa shape index (κ3) is 40.0. The molecule has 0 aliphatic carbocycles. The number of ether oxygens (including phenoxy) is 4. The zero-order chi connectivity index (χ0) is 79.2. The second-order valence-electron chi connectivity index (χ2n) is 18.7. The average Bonchev–Trinajstić information content (AvgIpc) is 1.67. The number of nitrogens with one attached hydrogen (secondary N) is 2. The molecule has 25 nitrogen and oxygen atoms in total. The van der Waals surface area contributed by atoms with Gasteiger partial charge in [-0.2, -0.15) is 5.26 Å². The normalized spacial score (nSPS) is 9.50. The number of imidazole rings is 4. The van der Waals surface area contributed by atoms with Crippen molar-refractivity contribution >= 4 is 204 Å². The Morgan fingerprint density at radius 1 is 0.695 bits per heavy atom. The Labute approximate surface area is 766 Å². The van der Waals surface area contributed by atoms with E-state index in [1.807, 2.05) is 6.07 Å². The Morgan fingerprint density at radius 2 is 1.10 bits per heavy atom. The number of aromatic amines is 2. The Morgan fingerprint density at radius 3 is 1.47 bits per heavy atom. The molecule has 0 aliphatic rings. The summed E-state index contributed by atoms with van der Waals surface area (Å²) in [7, 11) is 1.84. The van der Waals surface area contributed by atoms with Crippen LogP contribution in [0.5, 0.6) is 0 Å². The fourth-order valence-corrected chi connectivity index (χ4v) is 10.7. The van der Waals surface area contributed by atoms with E-state index in [0.29, 0.717) is 123 Å². The number of carbonyl (C=O) groups excluding carboxylic acids is 5. The number of rotatable bonds is 16. The van der Waals surface area contributed by atoms with Crippen LogP contribution in [0.2, 0.25) is 40.2 Å². The van der Waals surface area contributed by atoms with Crippen molar-refractivity contribution < 1.29 is 173 Å². The molecular formula is C63H67B2Br3Cl8FK2N12O13S. The average molecular weight is 1880 g/mol. The van der Waals surface area contributed by atoms with Gasteiger partial charge in [0.2, 0.25) is 0 Å². The van der Waals surface area contributed by atoms with Crippen molar-refractivity contribution in [3.05, 3.63) is 210 Å². The molecule has 9 aromatic rings. The van der Waals surface area contributed by atoms with E-state index in [1.54, 1.807) is 131 Å². The summed E-state index contributed by atoms with van der Waals surface area (Å²) >= 11 is 60.7. The molecule has 0 atom stereocenters. The van der Waals surface area contributed by atoms with Gasteiger partial charge in [0.05, 0.1) is 81.9 Å². The molecule has 0 aliphatic heterocycles. The number of aryl methyl sites for hydroxylation is 4. The Bertz CT molecular complexity index is 4230. The van der Waals surface area contributed by atoms with Crippen LogP contribution in [0.3, 0.4) is 0 Å². The molecule has 1 radical (unpaired) electrons. The summed E-state index contributed by atoms with van der Waals surface area (Å²) in [6.07, 6.45) is 7.41. The predicted molar refractivity (Wildman–Crippen MR) is 411 cm³/mol. The maximum absolute atomic E-state index is 12.6. The number of hydrogen-bond acceptors (Lipinski definition) is 22. The van der Waals surface area contributed by atoms with Gasteiger partial charge < -0.3 is 59.7 Å². The largest absolute Gasteiger partial charge is 1.00 e. The number of carbonyl (C=O) groups is 5. The summed E-state index contributed by atoms with van der Waals surface area (Å²) in [5.74, 6) is -1.09. The van der Waals surface area contributed by atoms with Crippen molar-refractivity contribution in [3.63, 3.8) is 0 Å². The fourth-order valence-electron chi connectivity index (χ4n) is 7.55. The quantitative estimate of drug-likeness (QED) is 0.00878.